The van der Waals surface area contributed by atoms with Crippen molar-refractivity contribution in [1.82, 2.24) is 30.8 Å². The first-order valence-electron chi connectivity index (χ1n) is 11.3. The summed E-state index contributed by atoms with van der Waals surface area (Å²) in [5, 5.41) is 18.8. The lowest BCUT2D eigenvalue weighted by atomic mass is 9.66. The van der Waals surface area contributed by atoms with Crippen molar-refractivity contribution >= 4 is 23.1 Å². The van der Waals surface area contributed by atoms with Gasteiger partial charge in [0.25, 0.3) is 0 Å². The van der Waals surface area contributed by atoms with Gasteiger partial charge in [-0.15, -0.1) is 21.5 Å². The average molecular weight is 468 g/mol. The van der Waals surface area contributed by atoms with Crippen molar-refractivity contribution < 1.29 is 9.18 Å². The summed E-state index contributed by atoms with van der Waals surface area (Å²) in [5.74, 6) is 0.414. The maximum Gasteiger partial charge on any atom is 0.237 e. The number of nitrogens with zero attached hydrogens (tertiary/aromatic N) is 4. The zero-order valence-corrected chi connectivity index (χ0v) is 19.0. The van der Waals surface area contributed by atoms with Crippen LogP contribution in [0.2, 0.25) is 0 Å². The van der Waals surface area contributed by atoms with Crippen LogP contribution >= 0.6 is 11.3 Å². The maximum atomic E-state index is 14.3. The molecule has 172 valence electrons. The molecule has 1 atom stereocenters. The predicted octanol–water partition coefficient (Wildman–Crippen LogP) is 3.04. The van der Waals surface area contributed by atoms with Crippen molar-refractivity contribution in [3.8, 4) is 10.7 Å². The first-order chi connectivity index (χ1) is 16.1. The molecule has 8 nitrogen and oxygen atoms in total. The van der Waals surface area contributed by atoms with Gasteiger partial charge < -0.3 is 16.0 Å². The number of carbonyl (C=O) groups excluding carboxylic acids is 1. The highest BCUT2D eigenvalue weighted by Crippen LogP contribution is 2.43. The molecule has 2 aliphatic rings. The van der Waals surface area contributed by atoms with E-state index in [1.54, 1.807) is 18.5 Å². The third kappa shape index (κ3) is 4.72. The lowest BCUT2D eigenvalue weighted by Gasteiger charge is -2.41. The number of rotatable bonds is 8. The van der Waals surface area contributed by atoms with Gasteiger partial charge in [0.05, 0.1) is 18.3 Å². The number of aromatic nitrogens is 4. The molecular formula is C23H26FN7OS. The van der Waals surface area contributed by atoms with Crippen LogP contribution < -0.4 is 16.0 Å². The number of hydrogen-bond acceptors (Lipinski definition) is 8. The fourth-order valence-corrected chi connectivity index (χ4v) is 5.21. The van der Waals surface area contributed by atoms with E-state index in [0.29, 0.717) is 30.3 Å². The Labute approximate surface area is 195 Å². The Morgan fingerprint density at radius 3 is 2.82 bits per heavy atom. The number of anilines is 1. The van der Waals surface area contributed by atoms with E-state index >= 15 is 0 Å². The third-order valence-corrected chi connectivity index (χ3v) is 7.45. The maximum absolute atomic E-state index is 14.3. The molecule has 33 heavy (non-hydrogen) atoms. The van der Waals surface area contributed by atoms with E-state index in [2.05, 4.69) is 36.1 Å². The molecule has 10 heteroatoms. The Bertz CT molecular complexity index is 1110. The fraction of sp³-hybridized carbons (Fsp3) is 0.435. The van der Waals surface area contributed by atoms with Crippen LogP contribution in [0.25, 0.3) is 10.7 Å². The van der Waals surface area contributed by atoms with E-state index in [9.17, 15) is 9.18 Å². The van der Waals surface area contributed by atoms with Crippen LogP contribution in [-0.2, 0) is 16.8 Å². The smallest absolute Gasteiger partial charge is 0.237 e. The van der Waals surface area contributed by atoms with Crippen LogP contribution in [0.1, 0.15) is 42.7 Å². The van der Waals surface area contributed by atoms with E-state index in [1.165, 1.54) is 17.4 Å². The highest BCUT2D eigenvalue weighted by molar-refractivity contribution is 7.15. The molecule has 2 fully saturated rings. The van der Waals surface area contributed by atoms with Gasteiger partial charge >= 0.3 is 0 Å². The summed E-state index contributed by atoms with van der Waals surface area (Å²) in [7, 11) is 0. The Hall–Kier alpha value is -2.98. The molecule has 0 spiro atoms. The molecule has 1 unspecified atom stereocenters. The molecule has 5 rings (SSSR count). The molecule has 1 saturated heterocycles. The summed E-state index contributed by atoms with van der Waals surface area (Å²) >= 11 is 1.49. The van der Waals surface area contributed by atoms with E-state index in [0.717, 1.165) is 48.5 Å². The van der Waals surface area contributed by atoms with E-state index in [-0.39, 0.29) is 23.2 Å². The lowest BCUT2D eigenvalue weighted by Crippen LogP contribution is -2.42. The van der Waals surface area contributed by atoms with E-state index < -0.39 is 0 Å². The molecule has 3 aromatic rings. The Morgan fingerprint density at radius 1 is 1.21 bits per heavy atom. The van der Waals surface area contributed by atoms with Crippen LogP contribution in [0.15, 0.2) is 36.7 Å². The molecule has 3 aromatic heterocycles. The van der Waals surface area contributed by atoms with Gasteiger partial charge in [-0.2, -0.15) is 0 Å². The van der Waals surface area contributed by atoms with Crippen molar-refractivity contribution in [1.29, 1.82) is 0 Å². The minimum absolute atomic E-state index is 0.0347. The van der Waals surface area contributed by atoms with Crippen LogP contribution in [0.3, 0.4) is 0 Å². The van der Waals surface area contributed by atoms with Crippen molar-refractivity contribution in [3.05, 3.63) is 53.0 Å². The summed E-state index contributed by atoms with van der Waals surface area (Å²) in [6.45, 7) is 1.91. The van der Waals surface area contributed by atoms with Gasteiger partial charge in [0, 0.05) is 29.2 Å². The second-order valence-electron chi connectivity index (χ2n) is 8.62. The van der Waals surface area contributed by atoms with Crippen molar-refractivity contribution in [2.45, 2.75) is 50.1 Å². The summed E-state index contributed by atoms with van der Waals surface area (Å²) in [6, 6.07) is 6.73. The van der Waals surface area contributed by atoms with Gasteiger partial charge in [-0.1, -0.05) is 6.42 Å². The number of pyridine rings is 1. The van der Waals surface area contributed by atoms with Crippen LogP contribution in [0.4, 0.5) is 10.2 Å². The van der Waals surface area contributed by atoms with Gasteiger partial charge in [-0.05, 0) is 56.5 Å². The van der Waals surface area contributed by atoms with Crippen LogP contribution in [-0.4, -0.2) is 45.2 Å². The molecule has 0 bridgehead atoms. The summed E-state index contributed by atoms with van der Waals surface area (Å²) in [5.41, 5.74) is 0.906. The van der Waals surface area contributed by atoms with E-state index in [4.69, 9.17) is 0 Å². The fourth-order valence-electron chi connectivity index (χ4n) is 4.39. The first-order valence-corrected chi connectivity index (χ1v) is 12.1. The van der Waals surface area contributed by atoms with E-state index in [1.807, 2.05) is 12.1 Å². The molecule has 0 aromatic carbocycles. The molecule has 1 amide bonds. The molecular weight excluding hydrogens is 441 g/mol. The Balaban J connectivity index is 1.18. The Kier molecular flexibility index (Phi) is 6.28. The minimum Gasteiger partial charge on any atom is -0.368 e. The molecule has 0 radical (unpaired) electrons. The first kappa shape index (κ1) is 21.8. The van der Waals surface area contributed by atoms with Gasteiger partial charge in [-0.25, -0.2) is 9.37 Å². The lowest BCUT2D eigenvalue weighted by molar-refractivity contribution is -0.122. The zero-order chi connectivity index (χ0) is 22.7. The number of halogens is 1. The topological polar surface area (TPSA) is 105 Å². The van der Waals surface area contributed by atoms with Gasteiger partial charge in [0.2, 0.25) is 5.91 Å². The van der Waals surface area contributed by atoms with Crippen molar-refractivity contribution in [2.24, 2.45) is 0 Å². The highest BCUT2D eigenvalue weighted by atomic mass is 32.1. The number of nitrogens with one attached hydrogen (secondary N) is 3. The molecule has 4 heterocycles. The Morgan fingerprint density at radius 2 is 2.12 bits per heavy atom. The monoisotopic (exact) mass is 467 g/mol. The minimum atomic E-state index is -0.297. The van der Waals surface area contributed by atoms with Gasteiger partial charge in [0.15, 0.2) is 0 Å². The number of thiazole rings is 1. The number of amides is 1. The number of carbonyl (C=O) groups is 1. The molecule has 3 N–H and O–H groups in total. The molecule has 1 aliphatic heterocycles. The number of hydrogen-bond donors (Lipinski definition) is 3. The van der Waals surface area contributed by atoms with Crippen molar-refractivity contribution in [2.75, 3.05) is 18.4 Å². The summed E-state index contributed by atoms with van der Waals surface area (Å²) in [4.78, 5) is 21.8. The molecule has 1 saturated carbocycles. The summed E-state index contributed by atoms with van der Waals surface area (Å²) < 4.78 is 14.3. The second kappa shape index (κ2) is 9.48. The highest BCUT2D eigenvalue weighted by Gasteiger charge is 2.41. The molecule has 1 aliphatic carbocycles. The average Bonchev–Trinajstić information content (AvgIpc) is 3.51. The predicted molar refractivity (Wildman–Crippen MR) is 124 cm³/mol. The normalized spacial score (nSPS) is 19.1. The zero-order valence-electron chi connectivity index (χ0n) is 18.2. The summed E-state index contributed by atoms with van der Waals surface area (Å²) in [6.07, 6.45) is 8.18. The van der Waals surface area contributed by atoms with Crippen LogP contribution in [0, 0.1) is 5.82 Å². The SMILES string of the molecule is O=C(NCc1cnc(-c2ccc(NCC3(c4ncccc4F)CCC3)nn2)s1)C1CCCN1. The quantitative estimate of drug-likeness (QED) is 0.468. The van der Waals surface area contributed by atoms with Gasteiger partial charge in [-0.3, -0.25) is 9.78 Å². The largest absolute Gasteiger partial charge is 0.368 e. The van der Waals surface area contributed by atoms with Crippen molar-refractivity contribution in [3.63, 3.8) is 0 Å². The standard InChI is InChI=1S/C23H26FN7OS/c24-16-4-1-11-26-20(16)23(8-3-9-23)14-29-19-7-6-18(30-31-19)22-28-13-15(33-22)12-27-21(32)17-5-2-10-25-17/h1,4,6-7,11,13,17,25H,2-3,5,8-10,12,14H2,(H,27,32)(H,29,31). The third-order valence-electron chi connectivity index (χ3n) is 6.43. The second-order valence-corrected chi connectivity index (χ2v) is 9.74. The van der Waals surface area contributed by atoms with Gasteiger partial charge in [0.1, 0.15) is 22.3 Å². The van der Waals surface area contributed by atoms with Crippen LogP contribution in [0.5, 0.6) is 0 Å².